The maximum absolute atomic E-state index is 5.36. The molecule has 4 aromatic heterocycles. The fourth-order valence-corrected chi connectivity index (χ4v) is 2.13. The molecule has 0 spiro atoms. The normalized spacial score (nSPS) is 10.9. The van der Waals surface area contributed by atoms with Gasteiger partial charge < -0.3 is 14.7 Å². The predicted molar refractivity (Wildman–Crippen MR) is 79.1 cm³/mol. The van der Waals surface area contributed by atoms with E-state index in [9.17, 15) is 0 Å². The molecule has 102 valence electrons. The summed E-state index contributed by atoms with van der Waals surface area (Å²) in [4.78, 5) is 16.2. The van der Waals surface area contributed by atoms with Crippen molar-refractivity contribution in [2.75, 3.05) is 5.32 Å². The van der Waals surface area contributed by atoms with Crippen LogP contribution in [0.25, 0.3) is 22.6 Å². The lowest BCUT2D eigenvalue weighted by Gasteiger charge is -2.04. The topological polar surface area (TPSA) is 79.6 Å². The molecule has 0 aliphatic rings. The third kappa shape index (κ3) is 2.12. The van der Waals surface area contributed by atoms with Crippen molar-refractivity contribution in [3.8, 4) is 11.6 Å². The van der Waals surface area contributed by atoms with Crippen molar-refractivity contribution in [2.24, 2.45) is 0 Å². The van der Waals surface area contributed by atoms with E-state index in [0.29, 0.717) is 17.4 Å². The Balaban J connectivity index is 1.79. The Hall–Kier alpha value is -3.15. The highest BCUT2D eigenvalue weighted by atomic mass is 16.3. The molecule has 0 atom stereocenters. The average molecular weight is 277 g/mol. The number of aromatic amines is 1. The minimum Gasteiger partial charge on any atom is -0.461 e. The first kappa shape index (κ1) is 11.7. The summed E-state index contributed by atoms with van der Waals surface area (Å²) in [6, 6.07) is 9.35. The number of rotatable bonds is 3. The number of pyridine rings is 2. The van der Waals surface area contributed by atoms with E-state index >= 15 is 0 Å². The standard InChI is InChI=1S/C15H11N5O/c1-3-10(9-16-6-1)18-15-13-11(5-7-17-15)19-14(20-13)12-4-2-8-21-12/h1-9H,(H,17,18)(H,19,20). The number of hydrogen-bond acceptors (Lipinski definition) is 5. The first-order chi connectivity index (χ1) is 10.4. The number of hydrogen-bond donors (Lipinski definition) is 2. The van der Waals surface area contributed by atoms with Gasteiger partial charge in [-0.1, -0.05) is 0 Å². The van der Waals surface area contributed by atoms with Crippen molar-refractivity contribution < 1.29 is 4.42 Å². The maximum Gasteiger partial charge on any atom is 0.174 e. The van der Waals surface area contributed by atoms with E-state index in [2.05, 4.69) is 25.3 Å². The fraction of sp³-hybridized carbons (Fsp3) is 0. The third-order valence-electron chi connectivity index (χ3n) is 3.08. The summed E-state index contributed by atoms with van der Waals surface area (Å²) in [5, 5.41) is 3.22. The molecular weight excluding hydrogens is 266 g/mol. The van der Waals surface area contributed by atoms with Gasteiger partial charge in [0.2, 0.25) is 0 Å². The van der Waals surface area contributed by atoms with Crippen LogP contribution in [0.2, 0.25) is 0 Å². The summed E-state index contributed by atoms with van der Waals surface area (Å²) < 4.78 is 5.36. The molecule has 0 radical (unpaired) electrons. The van der Waals surface area contributed by atoms with Crippen LogP contribution in [0.3, 0.4) is 0 Å². The number of fused-ring (bicyclic) bond motifs is 1. The SMILES string of the molecule is c1cncc(Nc2nccc3[nH]c(-c4ccco4)nc23)c1. The minimum absolute atomic E-state index is 0.676. The molecule has 21 heavy (non-hydrogen) atoms. The van der Waals surface area contributed by atoms with Gasteiger partial charge in [-0.05, 0) is 30.3 Å². The van der Waals surface area contributed by atoms with Crippen molar-refractivity contribution in [1.29, 1.82) is 0 Å². The van der Waals surface area contributed by atoms with Gasteiger partial charge in [-0.25, -0.2) is 9.97 Å². The van der Waals surface area contributed by atoms with Crippen LogP contribution in [0.5, 0.6) is 0 Å². The minimum atomic E-state index is 0.676. The molecule has 0 unspecified atom stereocenters. The van der Waals surface area contributed by atoms with Gasteiger partial charge >= 0.3 is 0 Å². The number of anilines is 2. The third-order valence-corrected chi connectivity index (χ3v) is 3.08. The van der Waals surface area contributed by atoms with E-state index in [0.717, 1.165) is 16.7 Å². The zero-order valence-electron chi connectivity index (χ0n) is 10.9. The van der Waals surface area contributed by atoms with Gasteiger partial charge in [-0.15, -0.1) is 0 Å². The predicted octanol–water partition coefficient (Wildman–Crippen LogP) is 3.36. The van der Waals surface area contributed by atoms with Crippen LogP contribution in [0.4, 0.5) is 11.5 Å². The van der Waals surface area contributed by atoms with E-state index in [1.807, 2.05) is 30.3 Å². The van der Waals surface area contributed by atoms with Gasteiger partial charge in [0, 0.05) is 12.4 Å². The fourth-order valence-electron chi connectivity index (χ4n) is 2.13. The maximum atomic E-state index is 5.36. The Labute approximate surface area is 119 Å². The van der Waals surface area contributed by atoms with Crippen molar-refractivity contribution >= 4 is 22.5 Å². The first-order valence-corrected chi connectivity index (χ1v) is 6.46. The van der Waals surface area contributed by atoms with Gasteiger partial charge in [0.25, 0.3) is 0 Å². The molecule has 4 aromatic rings. The van der Waals surface area contributed by atoms with Gasteiger partial charge in [-0.2, -0.15) is 0 Å². The Bertz CT molecular complexity index is 868. The van der Waals surface area contributed by atoms with Gasteiger partial charge in [-0.3, -0.25) is 4.98 Å². The lowest BCUT2D eigenvalue weighted by atomic mass is 10.3. The summed E-state index contributed by atoms with van der Waals surface area (Å²) in [5.41, 5.74) is 2.51. The highest BCUT2D eigenvalue weighted by molar-refractivity contribution is 5.89. The number of furan rings is 1. The second kappa shape index (κ2) is 4.75. The summed E-state index contributed by atoms with van der Waals surface area (Å²) in [7, 11) is 0. The number of aromatic nitrogens is 4. The zero-order valence-corrected chi connectivity index (χ0v) is 10.9. The Kier molecular flexibility index (Phi) is 2.64. The van der Waals surface area contributed by atoms with E-state index in [4.69, 9.17) is 4.42 Å². The molecule has 0 aliphatic carbocycles. The molecule has 0 fully saturated rings. The van der Waals surface area contributed by atoms with Gasteiger partial charge in [0.15, 0.2) is 17.4 Å². The van der Waals surface area contributed by atoms with Crippen LogP contribution in [-0.2, 0) is 0 Å². The Morgan fingerprint density at radius 3 is 2.90 bits per heavy atom. The van der Waals surface area contributed by atoms with E-state index < -0.39 is 0 Å². The van der Waals surface area contributed by atoms with E-state index in [-0.39, 0.29) is 0 Å². The smallest absolute Gasteiger partial charge is 0.174 e. The molecule has 0 bridgehead atoms. The molecule has 0 saturated carbocycles. The molecule has 0 saturated heterocycles. The molecule has 4 heterocycles. The molecule has 0 amide bonds. The van der Waals surface area contributed by atoms with Crippen LogP contribution in [0.1, 0.15) is 0 Å². The second-order valence-corrected chi connectivity index (χ2v) is 4.49. The number of H-pyrrole nitrogens is 1. The molecule has 0 aromatic carbocycles. The van der Waals surface area contributed by atoms with E-state index in [1.54, 1.807) is 24.9 Å². The van der Waals surface area contributed by atoms with Crippen molar-refractivity contribution in [1.82, 2.24) is 19.9 Å². The number of nitrogens with zero attached hydrogens (tertiary/aromatic N) is 3. The molecule has 4 rings (SSSR count). The first-order valence-electron chi connectivity index (χ1n) is 6.46. The average Bonchev–Trinajstić information content (AvgIpc) is 3.18. The molecule has 6 nitrogen and oxygen atoms in total. The number of imidazole rings is 1. The monoisotopic (exact) mass is 277 g/mol. The van der Waals surface area contributed by atoms with Gasteiger partial charge in [0.1, 0.15) is 5.52 Å². The van der Waals surface area contributed by atoms with Crippen LogP contribution in [-0.4, -0.2) is 19.9 Å². The van der Waals surface area contributed by atoms with E-state index in [1.165, 1.54) is 0 Å². The number of nitrogens with one attached hydrogen (secondary N) is 2. The van der Waals surface area contributed by atoms with Crippen LogP contribution >= 0.6 is 0 Å². The Morgan fingerprint density at radius 2 is 2.10 bits per heavy atom. The lowest BCUT2D eigenvalue weighted by Crippen LogP contribution is -1.94. The highest BCUT2D eigenvalue weighted by Crippen LogP contribution is 2.26. The molecular formula is C15H11N5O. The van der Waals surface area contributed by atoms with Crippen LogP contribution in [0.15, 0.2) is 59.6 Å². The van der Waals surface area contributed by atoms with Crippen molar-refractivity contribution in [3.05, 3.63) is 55.2 Å². The summed E-state index contributed by atoms with van der Waals surface area (Å²) >= 11 is 0. The van der Waals surface area contributed by atoms with Crippen molar-refractivity contribution in [2.45, 2.75) is 0 Å². The quantitative estimate of drug-likeness (QED) is 0.600. The zero-order chi connectivity index (χ0) is 14.1. The summed E-state index contributed by atoms with van der Waals surface area (Å²) in [6.07, 6.45) is 6.81. The lowest BCUT2D eigenvalue weighted by molar-refractivity contribution is 0.578. The van der Waals surface area contributed by atoms with Gasteiger partial charge in [0.05, 0.1) is 23.7 Å². The van der Waals surface area contributed by atoms with Crippen LogP contribution in [0, 0.1) is 0 Å². The molecule has 0 aliphatic heterocycles. The summed E-state index contributed by atoms with van der Waals surface area (Å²) in [6.45, 7) is 0. The largest absolute Gasteiger partial charge is 0.461 e. The molecule has 2 N–H and O–H groups in total. The molecule has 6 heteroatoms. The Morgan fingerprint density at radius 1 is 1.10 bits per heavy atom. The summed E-state index contributed by atoms with van der Waals surface area (Å²) in [5.74, 6) is 2.05. The second-order valence-electron chi connectivity index (χ2n) is 4.49. The highest BCUT2D eigenvalue weighted by Gasteiger charge is 2.11. The van der Waals surface area contributed by atoms with Crippen LogP contribution < -0.4 is 5.32 Å². The van der Waals surface area contributed by atoms with Crippen molar-refractivity contribution in [3.63, 3.8) is 0 Å².